The number of nitrogens with zero attached hydrogens (tertiary/aromatic N) is 4. The second-order valence-electron chi connectivity index (χ2n) is 5.69. The fourth-order valence-electron chi connectivity index (χ4n) is 2.98. The zero-order valence-corrected chi connectivity index (χ0v) is 12.2. The average molecular weight is 288 g/mol. The molecule has 1 fully saturated rings. The van der Waals surface area contributed by atoms with E-state index >= 15 is 0 Å². The van der Waals surface area contributed by atoms with Gasteiger partial charge in [0, 0.05) is 6.20 Å². The summed E-state index contributed by atoms with van der Waals surface area (Å²) in [5.74, 6) is -0.938. The maximum Gasteiger partial charge on any atom is 0.339 e. The van der Waals surface area contributed by atoms with Gasteiger partial charge >= 0.3 is 5.97 Å². The van der Waals surface area contributed by atoms with E-state index < -0.39 is 5.97 Å². The monoisotopic (exact) mass is 288 g/mol. The van der Waals surface area contributed by atoms with Gasteiger partial charge in [-0.05, 0) is 25.8 Å². The number of carbonyl (C=O) groups is 1. The van der Waals surface area contributed by atoms with E-state index in [1.165, 1.54) is 38.3 Å². The van der Waals surface area contributed by atoms with Crippen molar-refractivity contribution >= 4 is 5.97 Å². The van der Waals surface area contributed by atoms with Gasteiger partial charge in [-0.3, -0.25) is 9.36 Å². The number of rotatable bonds is 4. The van der Waals surface area contributed by atoms with E-state index in [2.05, 4.69) is 14.9 Å². The van der Waals surface area contributed by atoms with Crippen LogP contribution in [0.5, 0.6) is 0 Å². The zero-order valence-electron chi connectivity index (χ0n) is 12.2. The first kappa shape index (κ1) is 13.9. The smallest absolute Gasteiger partial charge is 0.339 e. The van der Waals surface area contributed by atoms with Crippen LogP contribution in [0.1, 0.15) is 59.9 Å². The number of hydrogen-bond acceptors (Lipinski definition) is 3. The Balaban J connectivity index is 1.73. The highest BCUT2D eigenvalue weighted by Gasteiger charge is 2.17. The van der Waals surface area contributed by atoms with Crippen LogP contribution in [0.15, 0.2) is 18.5 Å². The minimum Gasteiger partial charge on any atom is -0.478 e. The van der Waals surface area contributed by atoms with Crippen LogP contribution < -0.4 is 0 Å². The van der Waals surface area contributed by atoms with Crippen molar-refractivity contribution in [2.45, 2.75) is 51.6 Å². The summed E-state index contributed by atoms with van der Waals surface area (Å²) in [5.41, 5.74) is 1.83. The third kappa shape index (κ3) is 2.84. The van der Waals surface area contributed by atoms with Crippen molar-refractivity contribution < 1.29 is 9.90 Å². The van der Waals surface area contributed by atoms with Crippen molar-refractivity contribution in [1.82, 2.24) is 19.6 Å². The molecule has 6 heteroatoms. The molecule has 21 heavy (non-hydrogen) atoms. The molecular formula is C15H20N4O2. The normalized spacial score (nSPS) is 16.2. The molecule has 0 spiro atoms. The van der Waals surface area contributed by atoms with Gasteiger partial charge in [-0.15, -0.1) is 0 Å². The highest BCUT2D eigenvalue weighted by Crippen LogP contribution is 2.27. The SMILES string of the molecule is Cc1c(C(=O)O)cnn1Cc1ccn(C2CCCCC2)n1. The molecule has 0 radical (unpaired) electrons. The molecule has 0 aromatic carbocycles. The fraction of sp³-hybridized carbons (Fsp3) is 0.533. The van der Waals surface area contributed by atoms with Crippen LogP contribution in [-0.2, 0) is 6.54 Å². The average Bonchev–Trinajstić information content (AvgIpc) is 3.08. The van der Waals surface area contributed by atoms with E-state index in [0.29, 0.717) is 18.3 Å². The lowest BCUT2D eigenvalue weighted by molar-refractivity contribution is 0.0696. The molecule has 0 aliphatic heterocycles. The summed E-state index contributed by atoms with van der Waals surface area (Å²) >= 11 is 0. The number of carboxylic acids is 1. The Morgan fingerprint density at radius 2 is 2.14 bits per heavy atom. The van der Waals surface area contributed by atoms with Gasteiger partial charge in [0.05, 0.1) is 30.2 Å². The van der Waals surface area contributed by atoms with E-state index in [4.69, 9.17) is 5.11 Å². The Labute approximate surface area is 123 Å². The molecule has 0 bridgehead atoms. The van der Waals surface area contributed by atoms with Crippen molar-refractivity contribution in [2.75, 3.05) is 0 Å². The van der Waals surface area contributed by atoms with Gasteiger partial charge < -0.3 is 5.11 Å². The van der Waals surface area contributed by atoms with Crippen molar-refractivity contribution in [3.05, 3.63) is 35.4 Å². The molecule has 2 heterocycles. The van der Waals surface area contributed by atoms with Crippen molar-refractivity contribution in [3.63, 3.8) is 0 Å². The first-order valence-corrected chi connectivity index (χ1v) is 7.45. The summed E-state index contributed by atoms with van der Waals surface area (Å²) in [6, 6.07) is 2.51. The predicted molar refractivity (Wildman–Crippen MR) is 77.4 cm³/mol. The summed E-state index contributed by atoms with van der Waals surface area (Å²) in [5, 5.41) is 17.8. The first-order chi connectivity index (χ1) is 10.1. The lowest BCUT2D eigenvalue weighted by atomic mass is 9.96. The minimum absolute atomic E-state index is 0.252. The summed E-state index contributed by atoms with van der Waals surface area (Å²) in [4.78, 5) is 11.0. The molecule has 3 rings (SSSR count). The number of aromatic carboxylic acids is 1. The van der Waals surface area contributed by atoms with E-state index in [-0.39, 0.29) is 5.56 Å². The quantitative estimate of drug-likeness (QED) is 0.938. The number of carboxylic acid groups (broad SMARTS) is 1. The molecule has 6 nitrogen and oxygen atoms in total. The molecule has 1 saturated carbocycles. The lowest BCUT2D eigenvalue weighted by Crippen LogP contribution is -2.14. The second-order valence-corrected chi connectivity index (χ2v) is 5.69. The van der Waals surface area contributed by atoms with Crippen molar-refractivity contribution in [2.24, 2.45) is 0 Å². The molecular weight excluding hydrogens is 268 g/mol. The molecule has 2 aromatic heterocycles. The summed E-state index contributed by atoms with van der Waals surface area (Å²) in [6.45, 7) is 2.29. The van der Waals surface area contributed by atoms with Crippen molar-refractivity contribution in [1.29, 1.82) is 0 Å². The van der Waals surface area contributed by atoms with Crippen LogP contribution in [0.4, 0.5) is 0 Å². The van der Waals surface area contributed by atoms with Gasteiger partial charge in [0.25, 0.3) is 0 Å². The van der Waals surface area contributed by atoms with E-state index in [9.17, 15) is 4.79 Å². The fourth-order valence-corrected chi connectivity index (χ4v) is 2.98. The Bertz CT molecular complexity index is 638. The molecule has 0 unspecified atom stereocenters. The molecule has 0 saturated heterocycles. The first-order valence-electron chi connectivity index (χ1n) is 7.45. The molecule has 112 valence electrons. The Kier molecular flexibility index (Phi) is 3.77. The number of hydrogen-bond donors (Lipinski definition) is 1. The van der Waals surface area contributed by atoms with Crippen LogP contribution >= 0.6 is 0 Å². The molecule has 0 atom stereocenters. The van der Waals surface area contributed by atoms with Gasteiger partial charge in [-0.2, -0.15) is 10.2 Å². The minimum atomic E-state index is -0.938. The zero-order chi connectivity index (χ0) is 14.8. The van der Waals surface area contributed by atoms with Crippen LogP contribution in [0.3, 0.4) is 0 Å². The molecule has 1 aliphatic rings. The Morgan fingerprint density at radius 3 is 2.81 bits per heavy atom. The van der Waals surface area contributed by atoms with E-state index in [1.54, 1.807) is 11.6 Å². The molecule has 2 aromatic rings. The van der Waals surface area contributed by atoms with E-state index in [0.717, 1.165) is 5.69 Å². The second kappa shape index (κ2) is 5.71. The summed E-state index contributed by atoms with van der Waals surface area (Å²) in [7, 11) is 0. The summed E-state index contributed by atoms with van der Waals surface area (Å²) in [6.07, 6.45) is 9.71. The highest BCUT2D eigenvalue weighted by molar-refractivity contribution is 5.88. The standard InChI is InChI=1S/C15H20N4O2/c1-11-14(15(20)21)9-16-19(11)10-12-7-8-18(17-12)13-5-3-2-4-6-13/h7-9,13H,2-6,10H2,1H3,(H,20,21). The maximum atomic E-state index is 11.0. The van der Waals surface area contributed by atoms with Crippen molar-refractivity contribution in [3.8, 4) is 0 Å². The largest absolute Gasteiger partial charge is 0.478 e. The molecule has 0 amide bonds. The van der Waals surface area contributed by atoms with E-state index in [1.807, 2.05) is 12.3 Å². The van der Waals surface area contributed by atoms with Gasteiger partial charge in [-0.25, -0.2) is 4.79 Å². The van der Waals surface area contributed by atoms with Crippen LogP contribution in [-0.4, -0.2) is 30.6 Å². The third-order valence-electron chi connectivity index (χ3n) is 4.26. The lowest BCUT2D eigenvalue weighted by Gasteiger charge is -2.21. The molecule has 1 N–H and O–H groups in total. The third-order valence-corrected chi connectivity index (χ3v) is 4.26. The highest BCUT2D eigenvalue weighted by atomic mass is 16.4. The van der Waals surface area contributed by atoms with Crippen LogP contribution in [0, 0.1) is 6.92 Å². The van der Waals surface area contributed by atoms with Gasteiger partial charge in [0.15, 0.2) is 0 Å². The van der Waals surface area contributed by atoms with Gasteiger partial charge in [0.2, 0.25) is 0 Å². The number of aromatic nitrogens is 4. The van der Waals surface area contributed by atoms with Gasteiger partial charge in [0.1, 0.15) is 5.56 Å². The van der Waals surface area contributed by atoms with Crippen LogP contribution in [0.2, 0.25) is 0 Å². The topological polar surface area (TPSA) is 72.9 Å². The van der Waals surface area contributed by atoms with Gasteiger partial charge in [-0.1, -0.05) is 19.3 Å². The van der Waals surface area contributed by atoms with Crippen LogP contribution in [0.25, 0.3) is 0 Å². The Morgan fingerprint density at radius 1 is 1.38 bits per heavy atom. The molecule has 1 aliphatic carbocycles. The summed E-state index contributed by atoms with van der Waals surface area (Å²) < 4.78 is 3.75. The maximum absolute atomic E-state index is 11.0. The Hall–Kier alpha value is -2.11. The predicted octanol–water partition coefficient (Wildman–Crippen LogP) is 2.64.